The Balaban J connectivity index is 1.57. The molecule has 2 N–H and O–H groups in total. The van der Waals surface area contributed by atoms with Crippen LogP contribution in [-0.2, 0) is 9.59 Å². The zero-order chi connectivity index (χ0) is 18.4. The molecule has 1 saturated heterocycles. The fourth-order valence-corrected chi connectivity index (χ4v) is 3.15. The predicted octanol–water partition coefficient (Wildman–Crippen LogP) is 1.43. The molecule has 6 heteroatoms. The van der Waals surface area contributed by atoms with Crippen molar-refractivity contribution in [3.63, 3.8) is 0 Å². The molecule has 2 aliphatic rings. The number of hydrogen-bond acceptors (Lipinski definition) is 4. The molecule has 140 valence electrons. The van der Waals surface area contributed by atoms with Gasteiger partial charge in [-0.25, -0.2) is 0 Å². The van der Waals surface area contributed by atoms with Gasteiger partial charge in [0.15, 0.2) is 0 Å². The molecule has 0 aromatic heterocycles. The first-order valence-electron chi connectivity index (χ1n) is 9.25. The number of benzene rings is 1. The standard InChI is InChI=1S/C20H27N3O3/c1-26-18-7-3-2-5-16(18)6-4-11-23-12-10-21-20(25)17(23)13-19(24)22-14-15-8-9-15/h2-7,15,17H,8-14H2,1H3,(H,21,25)(H,22,24). The maximum absolute atomic E-state index is 12.2. The third-order valence-corrected chi connectivity index (χ3v) is 4.88. The molecule has 1 aromatic rings. The molecule has 2 amide bonds. The van der Waals surface area contributed by atoms with E-state index in [0.717, 1.165) is 24.4 Å². The highest BCUT2D eigenvalue weighted by Crippen LogP contribution is 2.27. The molecule has 1 aromatic carbocycles. The molecule has 1 saturated carbocycles. The Labute approximate surface area is 154 Å². The molecule has 2 fully saturated rings. The summed E-state index contributed by atoms with van der Waals surface area (Å²) in [5.74, 6) is 1.34. The van der Waals surface area contributed by atoms with Gasteiger partial charge < -0.3 is 15.4 Å². The highest BCUT2D eigenvalue weighted by Gasteiger charge is 2.31. The van der Waals surface area contributed by atoms with Crippen molar-refractivity contribution in [2.75, 3.05) is 33.3 Å². The molecule has 6 nitrogen and oxygen atoms in total. The maximum atomic E-state index is 12.2. The normalized spacial score (nSPS) is 20.8. The topological polar surface area (TPSA) is 70.7 Å². The van der Waals surface area contributed by atoms with Gasteiger partial charge in [0.2, 0.25) is 11.8 Å². The second-order valence-corrected chi connectivity index (χ2v) is 6.90. The van der Waals surface area contributed by atoms with E-state index in [4.69, 9.17) is 4.74 Å². The van der Waals surface area contributed by atoms with E-state index in [9.17, 15) is 9.59 Å². The van der Waals surface area contributed by atoms with Crippen LogP contribution in [0.25, 0.3) is 6.08 Å². The van der Waals surface area contributed by atoms with Gasteiger partial charge in [0.1, 0.15) is 5.75 Å². The van der Waals surface area contributed by atoms with Crippen LogP contribution in [0.3, 0.4) is 0 Å². The molecule has 0 spiro atoms. The minimum atomic E-state index is -0.412. The summed E-state index contributed by atoms with van der Waals surface area (Å²) in [6.45, 7) is 2.71. The minimum absolute atomic E-state index is 0.0438. The van der Waals surface area contributed by atoms with Crippen LogP contribution >= 0.6 is 0 Å². The first-order valence-corrected chi connectivity index (χ1v) is 9.25. The molecule has 1 atom stereocenters. The van der Waals surface area contributed by atoms with E-state index in [1.807, 2.05) is 36.4 Å². The molecular weight excluding hydrogens is 330 g/mol. The summed E-state index contributed by atoms with van der Waals surface area (Å²) in [5, 5.41) is 5.82. The van der Waals surface area contributed by atoms with E-state index in [0.29, 0.717) is 19.0 Å². The fourth-order valence-electron chi connectivity index (χ4n) is 3.15. The zero-order valence-corrected chi connectivity index (χ0v) is 15.2. The molecule has 1 aliphatic heterocycles. The van der Waals surface area contributed by atoms with Gasteiger partial charge >= 0.3 is 0 Å². The number of carbonyl (C=O) groups excluding carboxylic acids is 2. The average molecular weight is 357 g/mol. The summed E-state index contributed by atoms with van der Waals surface area (Å²) >= 11 is 0. The Morgan fingerprint density at radius 1 is 1.38 bits per heavy atom. The van der Waals surface area contributed by atoms with E-state index < -0.39 is 6.04 Å². The van der Waals surface area contributed by atoms with Crippen LogP contribution in [-0.4, -0.2) is 56.0 Å². The van der Waals surface area contributed by atoms with Crippen molar-refractivity contribution in [1.29, 1.82) is 0 Å². The van der Waals surface area contributed by atoms with E-state index in [-0.39, 0.29) is 18.2 Å². The van der Waals surface area contributed by atoms with Crippen molar-refractivity contribution < 1.29 is 14.3 Å². The number of nitrogens with one attached hydrogen (secondary N) is 2. The largest absolute Gasteiger partial charge is 0.496 e. The monoisotopic (exact) mass is 357 g/mol. The lowest BCUT2D eigenvalue weighted by Crippen LogP contribution is -2.56. The van der Waals surface area contributed by atoms with Crippen LogP contribution in [0.5, 0.6) is 5.75 Å². The predicted molar refractivity (Wildman–Crippen MR) is 101 cm³/mol. The molecule has 0 radical (unpaired) electrons. The van der Waals surface area contributed by atoms with Crippen LogP contribution in [0, 0.1) is 5.92 Å². The van der Waals surface area contributed by atoms with Gasteiger partial charge in [-0.2, -0.15) is 0 Å². The van der Waals surface area contributed by atoms with Crippen LogP contribution in [0.4, 0.5) is 0 Å². The molecule has 1 heterocycles. The van der Waals surface area contributed by atoms with E-state index in [2.05, 4.69) is 15.5 Å². The van der Waals surface area contributed by atoms with Crippen molar-refractivity contribution >= 4 is 17.9 Å². The van der Waals surface area contributed by atoms with Gasteiger partial charge in [-0.1, -0.05) is 30.4 Å². The van der Waals surface area contributed by atoms with Crippen molar-refractivity contribution in [2.24, 2.45) is 5.92 Å². The van der Waals surface area contributed by atoms with E-state index in [1.54, 1.807) is 7.11 Å². The van der Waals surface area contributed by atoms with Crippen molar-refractivity contribution in [3.05, 3.63) is 35.9 Å². The number of piperazine rings is 1. The minimum Gasteiger partial charge on any atom is -0.496 e. The molecule has 3 rings (SSSR count). The fraction of sp³-hybridized carbons (Fsp3) is 0.500. The SMILES string of the molecule is COc1ccccc1C=CCN1CCNC(=O)C1CC(=O)NCC1CC1. The number of hydrogen-bond donors (Lipinski definition) is 2. The second-order valence-electron chi connectivity index (χ2n) is 6.90. The van der Waals surface area contributed by atoms with Gasteiger partial charge in [0.25, 0.3) is 0 Å². The first-order chi connectivity index (χ1) is 12.7. The van der Waals surface area contributed by atoms with Gasteiger partial charge in [-0.15, -0.1) is 0 Å². The van der Waals surface area contributed by atoms with Gasteiger partial charge in [0, 0.05) is 31.7 Å². The lowest BCUT2D eigenvalue weighted by Gasteiger charge is -2.33. The summed E-state index contributed by atoms with van der Waals surface area (Å²) in [5.41, 5.74) is 0.996. The summed E-state index contributed by atoms with van der Waals surface area (Å²) in [4.78, 5) is 26.5. The number of carbonyl (C=O) groups is 2. The Hall–Kier alpha value is -2.34. The summed E-state index contributed by atoms with van der Waals surface area (Å²) in [7, 11) is 1.65. The van der Waals surface area contributed by atoms with E-state index in [1.165, 1.54) is 12.8 Å². The molecular formula is C20H27N3O3. The van der Waals surface area contributed by atoms with Crippen LogP contribution in [0.1, 0.15) is 24.8 Å². The van der Waals surface area contributed by atoms with Crippen LogP contribution in [0.15, 0.2) is 30.3 Å². The van der Waals surface area contributed by atoms with Crippen molar-refractivity contribution in [1.82, 2.24) is 15.5 Å². The maximum Gasteiger partial charge on any atom is 0.237 e. The van der Waals surface area contributed by atoms with Crippen LogP contribution < -0.4 is 15.4 Å². The Kier molecular flexibility index (Phi) is 6.28. The number of nitrogens with zero attached hydrogens (tertiary/aromatic N) is 1. The lowest BCUT2D eigenvalue weighted by molar-refractivity contribution is -0.133. The summed E-state index contributed by atoms with van der Waals surface area (Å²) < 4.78 is 5.35. The van der Waals surface area contributed by atoms with Crippen LogP contribution in [0.2, 0.25) is 0 Å². The molecule has 1 unspecified atom stereocenters. The smallest absolute Gasteiger partial charge is 0.237 e. The Bertz CT molecular complexity index is 670. The highest BCUT2D eigenvalue weighted by atomic mass is 16.5. The molecule has 26 heavy (non-hydrogen) atoms. The third-order valence-electron chi connectivity index (χ3n) is 4.88. The third kappa shape index (κ3) is 5.08. The Morgan fingerprint density at radius 2 is 2.19 bits per heavy atom. The summed E-state index contributed by atoms with van der Waals surface area (Å²) in [6, 6.07) is 7.39. The summed E-state index contributed by atoms with van der Waals surface area (Å²) in [6.07, 6.45) is 6.62. The number of amides is 2. The van der Waals surface area contributed by atoms with Crippen molar-refractivity contribution in [3.8, 4) is 5.75 Å². The Morgan fingerprint density at radius 3 is 2.96 bits per heavy atom. The first kappa shape index (κ1) is 18.5. The quantitative estimate of drug-likeness (QED) is 0.738. The number of ether oxygens (including phenoxy) is 1. The van der Waals surface area contributed by atoms with E-state index >= 15 is 0 Å². The zero-order valence-electron chi connectivity index (χ0n) is 15.2. The average Bonchev–Trinajstić information content (AvgIpc) is 3.47. The van der Waals surface area contributed by atoms with Gasteiger partial charge in [-0.3, -0.25) is 14.5 Å². The molecule has 1 aliphatic carbocycles. The molecule has 0 bridgehead atoms. The lowest BCUT2D eigenvalue weighted by atomic mass is 10.1. The second kappa shape index (κ2) is 8.85. The number of methoxy groups -OCH3 is 1. The number of para-hydroxylation sites is 1. The van der Waals surface area contributed by atoms with Gasteiger partial charge in [0.05, 0.1) is 19.6 Å². The van der Waals surface area contributed by atoms with Gasteiger partial charge in [-0.05, 0) is 24.8 Å². The number of rotatable bonds is 8. The highest BCUT2D eigenvalue weighted by molar-refractivity contribution is 5.88. The van der Waals surface area contributed by atoms with Crippen molar-refractivity contribution in [2.45, 2.75) is 25.3 Å².